The molecule has 1 unspecified atom stereocenters. The van der Waals surface area contributed by atoms with Gasteiger partial charge in [-0.3, -0.25) is 9.78 Å². The van der Waals surface area contributed by atoms with Gasteiger partial charge in [0, 0.05) is 11.8 Å². The maximum absolute atomic E-state index is 12.3. The van der Waals surface area contributed by atoms with Crippen LogP contribution < -0.4 is 5.32 Å². The topological polar surface area (TPSA) is 42.0 Å². The average Bonchev–Trinajstić information content (AvgIpc) is 2.55. The van der Waals surface area contributed by atoms with Crippen molar-refractivity contribution in [3.05, 3.63) is 71.9 Å². The maximum atomic E-state index is 12.3. The first-order valence-corrected chi connectivity index (χ1v) is 7.83. The molecule has 23 heavy (non-hydrogen) atoms. The monoisotopic (exact) mass is 304 g/mol. The molecular weight excluding hydrogens is 284 g/mol. The summed E-state index contributed by atoms with van der Waals surface area (Å²) in [6.45, 7) is 4.14. The van der Waals surface area contributed by atoms with E-state index in [1.54, 1.807) is 6.20 Å². The van der Waals surface area contributed by atoms with Crippen LogP contribution in [0.2, 0.25) is 0 Å². The Kier molecular flexibility index (Phi) is 4.38. The second-order valence-corrected chi connectivity index (χ2v) is 5.98. The van der Waals surface area contributed by atoms with Crippen LogP contribution in [0.5, 0.6) is 0 Å². The number of aryl methyl sites for hydroxylation is 1. The molecule has 0 aliphatic carbocycles. The summed E-state index contributed by atoms with van der Waals surface area (Å²) in [5.41, 5.74) is 4.08. The van der Waals surface area contributed by atoms with Crippen LogP contribution in [-0.2, 0) is 4.79 Å². The molecule has 0 spiro atoms. The number of hydrogen-bond acceptors (Lipinski definition) is 2. The molecule has 1 N–H and O–H groups in total. The maximum Gasteiger partial charge on any atom is 0.225 e. The summed E-state index contributed by atoms with van der Waals surface area (Å²) in [7, 11) is 0. The molecule has 1 heterocycles. The van der Waals surface area contributed by atoms with Crippen LogP contribution in [0.3, 0.4) is 0 Å². The lowest BCUT2D eigenvalue weighted by molar-refractivity contribution is -0.116. The first-order chi connectivity index (χ1) is 11.1. The molecule has 0 fully saturated rings. The molecular formula is C20H20N2O. The Morgan fingerprint density at radius 2 is 1.87 bits per heavy atom. The van der Waals surface area contributed by atoms with Crippen molar-refractivity contribution in [3.8, 4) is 0 Å². The van der Waals surface area contributed by atoms with Crippen LogP contribution >= 0.6 is 0 Å². The number of pyridine rings is 1. The molecule has 0 saturated heterocycles. The Labute approximate surface area is 136 Å². The van der Waals surface area contributed by atoms with Gasteiger partial charge in [0.2, 0.25) is 5.91 Å². The van der Waals surface area contributed by atoms with Crippen molar-refractivity contribution < 1.29 is 4.79 Å². The molecule has 2 aromatic carbocycles. The molecule has 1 aromatic heterocycles. The second-order valence-electron chi connectivity index (χ2n) is 5.98. The van der Waals surface area contributed by atoms with Gasteiger partial charge in [-0.15, -0.1) is 0 Å². The van der Waals surface area contributed by atoms with E-state index in [4.69, 9.17) is 0 Å². The van der Waals surface area contributed by atoms with E-state index in [0.717, 1.165) is 16.6 Å². The van der Waals surface area contributed by atoms with E-state index in [1.165, 1.54) is 11.1 Å². The van der Waals surface area contributed by atoms with Crippen LogP contribution in [0.25, 0.3) is 10.9 Å². The predicted molar refractivity (Wildman–Crippen MR) is 94.6 cm³/mol. The summed E-state index contributed by atoms with van der Waals surface area (Å²) in [4.78, 5) is 16.6. The number of nitrogens with one attached hydrogen (secondary N) is 1. The lowest BCUT2D eigenvalue weighted by Crippen LogP contribution is -2.14. The summed E-state index contributed by atoms with van der Waals surface area (Å²) in [5, 5.41) is 3.97. The summed E-state index contributed by atoms with van der Waals surface area (Å²) in [6.07, 6.45) is 2.16. The highest BCUT2D eigenvalue weighted by molar-refractivity contribution is 5.93. The minimum absolute atomic E-state index is 0.00940. The third kappa shape index (κ3) is 3.75. The highest BCUT2D eigenvalue weighted by Gasteiger charge is 2.11. The molecule has 3 aromatic rings. The van der Waals surface area contributed by atoms with Crippen molar-refractivity contribution in [2.24, 2.45) is 0 Å². The van der Waals surface area contributed by atoms with Gasteiger partial charge in [0.1, 0.15) is 0 Å². The minimum atomic E-state index is 0.00940. The van der Waals surface area contributed by atoms with Crippen molar-refractivity contribution in [1.82, 2.24) is 4.98 Å². The molecule has 3 rings (SSSR count). The first-order valence-electron chi connectivity index (χ1n) is 7.83. The number of amides is 1. The van der Waals surface area contributed by atoms with Gasteiger partial charge in [0.05, 0.1) is 17.4 Å². The zero-order valence-corrected chi connectivity index (χ0v) is 13.4. The minimum Gasteiger partial charge on any atom is -0.325 e. The van der Waals surface area contributed by atoms with E-state index in [1.807, 2.05) is 30.3 Å². The summed E-state index contributed by atoms with van der Waals surface area (Å²) in [5.74, 6) is 0.194. The highest BCUT2D eigenvalue weighted by Crippen LogP contribution is 2.21. The highest BCUT2D eigenvalue weighted by atomic mass is 16.1. The van der Waals surface area contributed by atoms with Crippen molar-refractivity contribution >= 4 is 22.5 Å². The Morgan fingerprint density at radius 3 is 2.65 bits per heavy atom. The number of anilines is 1. The Bertz CT molecular complexity index is 824. The van der Waals surface area contributed by atoms with Gasteiger partial charge in [-0.2, -0.15) is 0 Å². The summed E-state index contributed by atoms with van der Waals surface area (Å²) < 4.78 is 0. The number of carbonyl (C=O) groups excluding carboxylic acids is 1. The summed E-state index contributed by atoms with van der Waals surface area (Å²) >= 11 is 0. The number of aromatic nitrogens is 1. The fraction of sp³-hybridized carbons (Fsp3) is 0.200. The number of nitrogens with zero attached hydrogens (tertiary/aromatic N) is 1. The number of para-hydroxylation sites is 1. The van der Waals surface area contributed by atoms with Crippen LogP contribution in [0.15, 0.2) is 60.8 Å². The van der Waals surface area contributed by atoms with Crippen molar-refractivity contribution in [3.63, 3.8) is 0 Å². The fourth-order valence-electron chi connectivity index (χ4n) is 2.64. The smallest absolute Gasteiger partial charge is 0.225 e. The molecule has 116 valence electrons. The third-order valence-corrected chi connectivity index (χ3v) is 4.01. The molecule has 3 heteroatoms. The third-order valence-electron chi connectivity index (χ3n) is 4.01. The van der Waals surface area contributed by atoms with E-state index >= 15 is 0 Å². The molecule has 0 aliphatic heterocycles. The lowest BCUT2D eigenvalue weighted by Gasteiger charge is -2.12. The molecule has 3 nitrogen and oxygen atoms in total. The van der Waals surface area contributed by atoms with E-state index in [2.05, 4.69) is 48.4 Å². The first kappa shape index (κ1) is 15.2. The zero-order valence-electron chi connectivity index (χ0n) is 13.4. The second kappa shape index (κ2) is 6.61. The Balaban J connectivity index is 1.67. The number of carbonyl (C=O) groups is 1. The van der Waals surface area contributed by atoms with Crippen molar-refractivity contribution in [2.75, 3.05) is 5.32 Å². The molecule has 1 atom stereocenters. The Morgan fingerprint density at radius 1 is 1.13 bits per heavy atom. The van der Waals surface area contributed by atoms with E-state index in [-0.39, 0.29) is 11.8 Å². The van der Waals surface area contributed by atoms with Crippen LogP contribution in [0.4, 0.5) is 5.69 Å². The number of benzene rings is 2. The zero-order chi connectivity index (χ0) is 16.2. The van der Waals surface area contributed by atoms with E-state index < -0.39 is 0 Å². The normalized spacial score (nSPS) is 12.1. The number of fused-ring (bicyclic) bond motifs is 1. The van der Waals surface area contributed by atoms with E-state index in [9.17, 15) is 4.79 Å². The van der Waals surface area contributed by atoms with E-state index in [0.29, 0.717) is 6.42 Å². The van der Waals surface area contributed by atoms with Crippen molar-refractivity contribution in [2.45, 2.75) is 26.2 Å². The van der Waals surface area contributed by atoms with Crippen molar-refractivity contribution in [1.29, 1.82) is 0 Å². The molecule has 0 aliphatic rings. The average molecular weight is 304 g/mol. The molecule has 0 saturated carbocycles. The fourth-order valence-corrected chi connectivity index (χ4v) is 2.64. The van der Waals surface area contributed by atoms with Crippen LogP contribution in [0, 0.1) is 6.92 Å². The largest absolute Gasteiger partial charge is 0.325 e. The quantitative estimate of drug-likeness (QED) is 0.760. The van der Waals surface area contributed by atoms with Gasteiger partial charge in [-0.25, -0.2) is 0 Å². The number of hydrogen-bond donors (Lipinski definition) is 1. The van der Waals surface area contributed by atoms with Gasteiger partial charge in [-0.1, -0.05) is 55.0 Å². The Hall–Kier alpha value is -2.68. The predicted octanol–water partition coefficient (Wildman–Crippen LogP) is 4.68. The molecule has 0 bridgehead atoms. The van der Waals surface area contributed by atoms with Gasteiger partial charge in [0.15, 0.2) is 0 Å². The van der Waals surface area contributed by atoms with Gasteiger partial charge >= 0.3 is 0 Å². The van der Waals surface area contributed by atoms with Gasteiger partial charge < -0.3 is 5.32 Å². The van der Waals surface area contributed by atoms with Gasteiger partial charge in [0.25, 0.3) is 0 Å². The summed E-state index contributed by atoms with van der Waals surface area (Å²) in [6, 6.07) is 18.2. The SMILES string of the molecule is Cc1ccc(C(C)CC(=O)Nc2cnc3ccccc3c2)cc1. The van der Waals surface area contributed by atoms with Crippen LogP contribution in [0.1, 0.15) is 30.4 Å². The lowest BCUT2D eigenvalue weighted by atomic mass is 9.96. The number of rotatable bonds is 4. The molecule has 0 radical (unpaired) electrons. The molecule has 1 amide bonds. The van der Waals surface area contributed by atoms with Gasteiger partial charge in [-0.05, 0) is 30.5 Å². The van der Waals surface area contributed by atoms with Crippen LogP contribution in [-0.4, -0.2) is 10.9 Å². The standard InChI is InChI=1S/C20H20N2O/c1-14-7-9-16(10-8-14)15(2)11-20(23)22-18-12-17-5-3-4-6-19(17)21-13-18/h3-10,12-13,15H,11H2,1-2H3,(H,22,23).